The van der Waals surface area contributed by atoms with Crippen LogP contribution in [0.5, 0.6) is 0 Å². The molecular formula is C20H40O6. The van der Waals surface area contributed by atoms with Gasteiger partial charge >= 0.3 is 0 Å². The standard InChI is InChI=1S/C20H40O6/c1-2-3-4-5-6-7-8-9-10-11-12-13-14-25-20-18(24)17(23)19(26-20)16(22)15-21/h16-24H,2-15H2,1H3/t16-,17-,18-,19-,20-/m1/s1. The lowest BCUT2D eigenvalue weighted by atomic mass is 10.1. The summed E-state index contributed by atoms with van der Waals surface area (Å²) < 4.78 is 10.8. The predicted molar refractivity (Wildman–Crippen MR) is 101 cm³/mol. The molecule has 0 bridgehead atoms. The van der Waals surface area contributed by atoms with Crippen LogP contribution in [0.15, 0.2) is 0 Å². The van der Waals surface area contributed by atoms with Crippen LogP contribution in [0, 0.1) is 0 Å². The van der Waals surface area contributed by atoms with Crippen molar-refractivity contribution in [1.82, 2.24) is 0 Å². The van der Waals surface area contributed by atoms with E-state index in [-0.39, 0.29) is 0 Å². The van der Waals surface area contributed by atoms with Crippen LogP contribution in [0.1, 0.15) is 84.0 Å². The Morgan fingerprint density at radius 2 is 1.31 bits per heavy atom. The van der Waals surface area contributed by atoms with Crippen LogP contribution in [0.4, 0.5) is 0 Å². The Bertz CT molecular complexity index is 327. The summed E-state index contributed by atoms with van der Waals surface area (Å²) in [5.74, 6) is 0. The van der Waals surface area contributed by atoms with E-state index in [4.69, 9.17) is 14.6 Å². The topological polar surface area (TPSA) is 99.4 Å². The molecule has 26 heavy (non-hydrogen) atoms. The molecule has 6 nitrogen and oxygen atoms in total. The van der Waals surface area contributed by atoms with Gasteiger partial charge in [0.2, 0.25) is 0 Å². The van der Waals surface area contributed by atoms with E-state index >= 15 is 0 Å². The molecule has 6 heteroatoms. The Morgan fingerprint density at radius 1 is 0.808 bits per heavy atom. The zero-order valence-corrected chi connectivity index (χ0v) is 16.4. The average Bonchev–Trinajstić information content (AvgIpc) is 2.93. The Balaban J connectivity index is 1.93. The lowest BCUT2D eigenvalue weighted by Gasteiger charge is -2.18. The van der Waals surface area contributed by atoms with Crippen molar-refractivity contribution in [2.45, 2.75) is 115 Å². The van der Waals surface area contributed by atoms with Gasteiger partial charge in [0.05, 0.1) is 6.61 Å². The predicted octanol–water partition coefficient (Wildman–Crippen LogP) is 2.50. The van der Waals surface area contributed by atoms with Crippen molar-refractivity contribution in [2.75, 3.05) is 13.2 Å². The minimum Gasteiger partial charge on any atom is -0.394 e. The highest BCUT2D eigenvalue weighted by Gasteiger charge is 2.46. The van der Waals surface area contributed by atoms with Gasteiger partial charge in [0.25, 0.3) is 0 Å². The monoisotopic (exact) mass is 376 g/mol. The number of hydrogen-bond acceptors (Lipinski definition) is 6. The zero-order valence-electron chi connectivity index (χ0n) is 16.4. The molecule has 0 radical (unpaired) electrons. The maximum atomic E-state index is 9.87. The molecule has 0 aromatic heterocycles. The van der Waals surface area contributed by atoms with Gasteiger partial charge in [-0.05, 0) is 6.42 Å². The largest absolute Gasteiger partial charge is 0.394 e. The van der Waals surface area contributed by atoms with E-state index in [0.29, 0.717) is 6.61 Å². The van der Waals surface area contributed by atoms with Crippen molar-refractivity contribution in [1.29, 1.82) is 0 Å². The minimum absolute atomic E-state index is 0.452. The summed E-state index contributed by atoms with van der Waals surface area (Å²) in [6, 6.07) is 0. The quantitative estimate of drug-likeness (QED) is 0.309. The number of ether oxygens (including phenoxy) is 2. The van der Waals surface area contributed by atoms with E-state index in [9.17, 15) is 15.3 Å². The highest BCUT2D eigenvalue weighted by Crippen LogP contribution is 2.25. The molecule has 0 aromatic carbocycles. The van der Waals surface area contributed by atoms with Gasteiger partial charge in [-0.15, -0.1) is 0 Å². The second-order valence-electron chi connectivity index (χ2n) is 7.46. The van der Waals surface area contributed by atoms with Crippen LogP contribution in [0.3, 0.4) is 0 Å². The van der Waals surface area contributed by atoms with Crippen molar-refractivity contribution >= 4 is 0 Å². The van der Waals surface area contributed by atoms with Gasteiger partial charge in [-0.3, -0.25) is 0 Å². The fraction of sp³-hybridized carbons (Fsp3) is 1.00. The fourth-order valence-electron chi connectivity index (χ4n) is 3.37. The molecule has 1 fully saturated rings. The molecule has 1 aliphatic rings. The molecule has 0 saturated carbocycles. The molecule has 1 heterocycles. The second kappa shape index (κ2) is 14.8. The van der Waals surface area contributed by atoms with Crippen LogP contribution in [-0.4, -0.2) is 64.3 Å². The van der Waals surface area contributed by atoms with Crippen molar-refractivity contribution in [3.05, 3.63) is 0 Å². The highest BCUT2D eigenvalue weighted by atomic mass is 16.7. The molecule has 0 amide bonds. The summed E-state index contributed by atoms with van der Waals surface area (Å²) in [5, 5.41) is 38.1. The Labute approximate surface area is 158 Å². The lowest BCUT2D eigenvalue weighted by Crippen LogP contribution is -2.40. The first-order valence-corrected chi connectivity index (χ1v) is 10.5. The van der Waals surface area contributed by atoms with Crippen molar-refractivity contribution in [3.63, 3.8) is 0 Å². The third-order valence-electron chi connectivity index (χ3n) is 5.10. The highest BCUT2D eigenvalue weighted by molar-refractivity contribution is 4.90. The molecule has 1 rings (SSSR count). The van der Waals surface area contributed by atoms with Gasteiger partial charge < -0.3 is 29.9 Å². The summed E-state index contributed by atoms with van der Waals surface area (Å²) in [7, 11) is 0. The molecule has 0 aromatic rings. The second-order valence-corrected chi connectivity index (χ2v) is 7.46. The molecule has 156 valence electrons. The summed E-state index contributed by atoms with van der Waals surface area (Å²) in [6.45, 7) is 2.17. The molecule has 0 spiro atoms. The number of rotatable bonds is 16. The van der Waals surface area contributed by atoms with E-state index in [2.05, 4.69) is 6.92 Å². The van der Waals surface area contributed by atoms with Gasteiger partial charge in [0, 0.05) is 6.61 Å². The van der Waals surface area contributed by atoms with Crippen LogP contribution in [-0.2, 0) is 9.47 Å². The number of unbranched alkanes of at least 4 members (excludes halogenated alkanes) is 11. The number of aliphatic hydroxyl groups excluding tert-OH is 4. The first kappa shape index (κ1) is 23.8. The Kier molecular flexibility index (Phi) is 13.5. The molecule has 0 aliphatic carbocycles. The van der Waals surface area contributed by atoms with Crippen molar-refractivity contribution in [2.24, 2.45) is 0 Å². The average molecular weight is 377 g/mol. The van der Waals surface area contributed by atoms with E-state index in [0.717, 1.165) is 12.8 Å². The van der Waals surface area contributed by atoms with Gasteiger partial charge in [-0.2, -0.15) is 0 Å². The van der Waals surface area contributed by atoms with Crippen LogP contribution < -0.4 is 0 Å². The van der Waals surface area contributed by atoms with Crippen LogP contribution in [0.2, 0.25) is 0 Å². The smallest absolute Gasteiger partial charge is 0.186 e. The molecular weight excluding hydrogens is 336 g/mol. The third-order valence-corrected chi connectivity index (χ3v) is 5.10. The van der Waals surface area contributed by atoms with E-state index < -0.39 is 37.3 Å². The lowest BCUT2D eigenvalue weighted by molar-refractivity contribution is -0.181. The minimum atomic E-state index is -1.25. The molecule has 5 atom stereocenters. The Hall–Kier alpha value is -0.240. The zero-order chi connectivity index (χ0) is 19.2. The summed E-state index contributed by atoms with van der Waals surface area (Å²) in [4.78, 5) is 0. The molecule has 4 N–H and O–H groups in total. The van der Waals surface area contributed by atoms with E-state index in [1.54, 1.807) is 0 Å². The van der Waals surface area contributed by atoms with Gasteiger partial charge in [-0.1, -0.05) is 77.6 Å². The molecule has 1 saturated heterocycles. The Morgan fingerprint density at radius 3 is 1.81 bits per heavy atom. The third kappa shape index (κ3) is 9.11. The fourth-order valence-corrected chi connectivity index (χ4v) is 3.37. The van der Waals surface area contributed by atoms with Crippen LogP contribution >= 0.6 is 0 Å². The van der Waals surface area contributed by atoms with Crippen LogP contribution in [0.25, 0.3) is 0 Å². The van der Waals surface area contributed by atoms with Crippen molar-refractivity contribution < 1.29 is 29.9 Å². The summed E-state index contributed by atoms with van der Waals surface area (Å²) >= 11 is 0. The maximum absolute atomic E-state index is 9.87. The SMILES string of the molecule is CCCCCCCCCCCCCCO[C@@H]1O[C@H]([C@H](O)CO)[C@H](O)[C@H]1O. The number of aliphatic hydroxyl groups is 4. The number of hydrogen-bond donors (Lipinski definition) is 4. The summed E-state index contributed by atoms with van der Waals surface area (Å²) in [6.07, 6.45) is 9.56. The maximum Gasteiger partial charge on any atom is 0.186 e. The first-order chi connectivity index (χ1) is 12.6. The molecule has 1 aliphatic heterocycles. The van der Waals surface area contributed by atoms with Gasteiger partial charge in [-0.25, -0.2) is 0 Å². The summed E-state index contributed by atoms with van der Waals surface area (Å²) in [5.41, 5.74) is 0. The van der Waals surface area contributed by atoms with E-state index in [1.807, 2.05) is 0 Å². The normalized spacial score (nSPS) is 27.1. The van der Waals surface area contributed by atoms with Gasteiger partial charge in [0.1, 0.15) is 24.4 Å². The molecule has 0 unspecified atom stereocenters. The van der Waals surface area contributed by atoms with Gasteiger partial charge in [0.15, 0.2) is 6.29 Å². The first-order valence-electron chi connectivity index (χ1n) is 10.5. The van der Waals surface area contributed by atoms with E-state index in [1.165, 1.54) is 64.2 Å². The van der Waals surface area contributed by atoms with Crippen molar-refractivity contribution in [3.8, 4) is 0 Å².